The van der Waals surface area contributed by atoms with Crippen molar-refractivity contribution < 1.29 is 14.3 Å². The van der Waals surface area contributed by atoms with Crippen LogP contribution in [0.25, 0.3) is 0 Å². The average Bonchev–Trinajstić information content (AvgIpc) is 3.39. The number of amides is 2. The third-order valence-electron chi connectivity index (χ3n) is 5.24. The molecule has 2 fully saturated rings. The van der Waals surface area contributed by atoms with Crippen LogP contribution in [0.4, 0.5) is 5.69 Å². The Morgan fingerprint density at radius 3 is 2.81 bits per heavy atom. The minimum Gasteiger partial charge on any atom is -0.383 e. The van der Waals surface area contributed by atoms with Gasteiger partial charge in [0.15, 0.2) is 0 Å². The van der Waals surface area contributed by atoms with Gasteiger partial charge in [-0.3, -0.25) is 9.59 Å². The molecule has 142 valence electrons. The molecule has 1 saturated carbocycles. The zero-order chi connectivity index (χ0) is 18.5. The molecule has 1 saturated heterocycles. The lowest BCUT2D eigenvalue weighted by Gasteiger charge is -2.16. The summed E-state index contributed by atoms with van der Waals surface area (Å²) in [6.07, 6.45) is 3.03. The number of hydrogen-bond acceptors (Lipinski definition) is 4. The second-order valence-electron chi connectivity index (χ2n) is 7.45. The highest BCUT2D eigenvalue weighted by atomic mass is 16.5. The second-order valence-corrected chi connectivity index (χ2v) is 7.45. The van der Waals surface area contributed by atoms with Crippen LogP contribution in [0.2, 0.25) is 0 Å². The first-order valence-corrected chi connectivity index (χ1v) is 9.48. The Bertz CT molecular complexity index is 658. The first-order valence-electron chi connectivity index (χ1n) is 9.48. The van der Waals surface area contributed by atoms with E-state index in [0.29, 0.717) is 18.0 Å². The quantitative estimate of drug-likeness (QED) is 0.745. The van der Waals surface area contributed by atoms with Gasteiger partial charge in [-0.2, -0.15) is 0 Å². The van der Waals surface area contributed by atoms with E-state index < -0.39 is 0 Å². The fourth-order valence-corrected chi connectivity index (χ4v) is 3.32. The predicted octanol–water partition coefficient (Wildman–Crippen LogP) is 2.04. The van der Waals surface area contributed by atoms with Crippen molar-refractivity contribution in [3.05, 3.63) is 29.3 Å². The van der Waals surface area contributed by atoms with E-state index in [0.717, 1.165) is 56.8 Å². The van der Waals surface area contributed by atoms with Gasteiger partial charge in [-0.15, -0.1) is 0 Å². The number of ether oxygens (including phenoxy) is 1. The molecule has 0 bridgehead atoms. The third-order valence-corrected chi connectivity index (χ3v) is 5.24. The minimum absolute atomic E-state index is 0.0627. The summed E-state index contributed by atoms with van der Waals surface area (Å²) < 4.78 is 5.12. The molecule has 1 heterocycles. The number of carbonyl (C=O) groups is 2. The molecule has 2 aliphatic rings. The summed E-state index contributed by atoms with van der Waals surface area (Å²) in [7, 11) is 1.72. The maximum Gasteiger partial charge on any atom is 0.251 e. The summed E-state index contributed by atoms with van der Waals surface area (Å²) in [5, 5.41) is 6.00. The van der Waals surface area contributed by atoms with E-state index in [1.807, 2.05) is 19.1 Å². The van der Waals surface area contributed by atoms with Crippen molar-refractivity contribution in [2.24, 2.45) is 11.8 Å². The van der Waals surface area contributed by atoms with E-state index in [1.54, 1.807) is 13.2 Å². The molecule has 0 spiro atoms. The molecule has 1 unspecified atom stereocenters. The summed E-state index contributed by atoms with van der Waals surface area (Å²) in [4.78, 5) is 26.9. The topological polar surface area (TPSA) is 70.7 Å². The van der Waals surface area contributed by atoms with Gasteiger partial charge in [0.1, 0.15) is 0 Å². The van der Waals surface area contributed by atoms with Crippen molar-refractivity contribution in [2.75, 3.05) is 45.2 Å². The largest absolute Gasteiger partial charge is 0.383 e. The first kappa shape index (κ1) is 18.9. The Labute approximate surface area is 155 Å². The molecule has 3 rings (SSSR count). The number of likely N-dealkylation sites (tertiary alicyclic amines) is 1. The predicted molar refractivity (Wildman–Crippen MR) is 101 cm³/mol. The van der Waals surface area contributed by atoms with Crippen LogP contribution in [-0.2, 0) is 9.53 Å². The Hall–Kier alpha value is -1.92. The molecule has 0 aromatic heterocycles. The van der Waals surface area contributed by atoms with E-state index in [9.17, 15) is 9.59 Å². The van der Waals surface area contributed by atoms with Crippen LogP contribution in [0, 0.1) is 18.8 Å². The van der Waals surface area contributed by atoms with Crippen molar-refractivity contribution >= 4 is 17.5 Å². The number of nitrogens with zero attached hydrogens (tertiary/aromatic N) is 1. The molecule has 6 heteroatoms. The number of benzene rings is 1. The minimum atomic E-state index is -0.0812. The molecule has 2 amide bonds. The van der Waals surface area contributed by atoms with Gasteiger partial charge in [0.05, 0.1) is 6.61 Å². The van der Waals surface area contributed by atoms with Crippen molar-refractivity contribution in [3.63, 3.8) is 0 Å². The first-order chi connectivity index (χ1) is 12.6. The highest BCUT2D eigenvalue weighted by Gasteiger charge is 2.30. The number of anilines is 1. The number of methoxy groups -OCH3 is 1. The number of nitrogens with one attached hydrogen (secondary N) is 2. The molecule has 1 aromatic carbocycles. The Kier molecular flexibility index (Phi) is 6.27. The molecule has 1 aromatic rings. The lowest BCUT2D eigenvalue weighted by atomic mass is 10.1. The van der Waals surface area contributed by atoms with Crippen LogP contribution in [0.1, 0.15) is 35.2 Å². The van der Waals surface area contributed by atoms with Crippen LogP contribution in [-0.4, -0.2) is 56.6 Å². The standard InChI is InChI=1S/C20H29N3O3/c1-14-3-4-17(11-18(14)22-20(25)16-5-6-16)19(24)21-12-15-7-8-23(13-15)9-10-26-2/h3-4,11,15-16H,5-10,12-13H2,1-2H3,(H,21,24)(H,22,25). The fourth-order valence-electron chi connectivity index (χ4n) is 3.32. The van der Waals surface area contributed by atoms with Gasteiger partial charge >= 0.3 is 0 Å². The highest BCUT2D eigenvalue weighted by Crippen LogP contribution is 2.30. The van der Waals surface area contributed by atoms with Gasteiger partial charge in [-0.25, -0.2) is 0 Å². The summed E-state index contributed by atoms with van der Waals surface area (Å²) in [5.41, 5.74) is 2.30. The smallest absolute Gasteiger partial charge is 0.251 e. The Morgan fingerprint density at radius 1 is 1.27 bits per heavy atom. The van der Waals surface area contributed by atoms with E-state index in [4.69, 9.17) is 4.74 Å². The lowest BCUT2D eigenvalue weighted by Crippen LogP contribution is -2.31. The molecule has 1 aliphatic heterocycles. The van der Waals surface area contributed by atoms with Crippen molar-refractivity contribution in [1.29, 1.82) is 0 Å². The van der Waals surface area contributed by atoms with Gasteiger partial charge in [0, 0.05) is 43.9 Å². The molecular weight excluding hydrogens is 330 g/mol. The van der Waals surface area contributed by atoms with E-state index in [2.05, 4.69) is 15.5 Å². The zero-order valence-electron chi connectivity index (χ0n) is 15.7. The summed E-state index contributed by atoms with van der Waals surface area (Å²) in [6, 6.07) is 5.49. The van der Waals surface area contributed by atoms with Gasteiger partial charge in [-0.1, -0.05) is 6.07 Å². The average molecular weight is 359 g/mol. The summed E-state index contributed by atoms with van der Waals surface area (Å²) in [5.74, 6) is 0.612. The molecule has 0 radical (unpaired) electrons. The van der Waals surface area contributed by atoms with E-state index >= 15 is 0 Å². The summed E-state index contributed by atoms with van der Waals surface area (Å²) >= 11 is 0. The monoisotopic (exact) mass is 359 g/mol. The Morgan fingerprint density at radius 2 is 2.08 bits per heavy atom. The summed E-state index contributed by atoms with van der Waals surface area (Å²) in [6.45, 7) is 6.38. The number of carbonyl (C=O) groups excluding carboxylic acids is 2. The molecule has 26 heavy (non-hydrogen) atoms. The number of rotatable bonds is 8. The lowest BCUT2D eigenvalue weighted by molar-refractivity contribution is -0.117. The molecular formula is C20H29N3O3. The van der Waals surface area contributed by atoms with Gasteiger partial charge in [-0.05, 0) is 56.3 Å². The van der Waals surface area contributed by atoms with E-state index in [-0.39, 0.29) is 17.7 Å². The van der Waals surface area contributed by atoms with Crippen molar-refractivity contribution in [1.82, 2.24) is 10.2 Å². The molecule has 1 atom stereocenters. The van der Waals surface area contributed by atoms with Crippen LogP contribution in [0.5, 0.6) is 0 Å². The normalized spacial score (nSPS) is 20.2. The molecule has 6 nitrogen and oxygen atoms in total. The van der Waals surface area contributed by atoms with Crippen molar-refractivity contribution in [2.45, 2.75) is 26.2 Å². The van der Waals surface area contributed by atoms with Gasteiger partial charge in [0.25, 0.3) is 5.91 Å². The maximum absolute atomic E-state index is 12.5. The maximum atomic E-state index is 12.5. The molecule has 1 aliphatic carbocycles. The van der Waals surface area contributed by atoms with Gasteiger partial charge in [0.2, 0.25) is 5.91 Å². The van der Waals surface area contributed by atoms with Gasteiger partial charge < -0.3 is 20.3 Å². The SMILES string of the molecule is COCCN1CCC(CNC(=O)c2ccc(C)c(NC(=O)C3CC3)c2)C1. The Balaban J connectivity index is 1.50. The molecule has 2 N–H and O–H groups in total. The third kappa shape index (κ3) is 5.05. The van der Waals surface area contributed by atoms with Crippen LogP contribution < -0.4 is 10.6 Å². The zero-order valence-corrected chi connectivity index (χ0v) is 15.7. The second kappa shape index (κ2) is 8.64. The number of aryl methyl sites for hydroxylation is 1. The van der Waals surface area contributed by atoms with Crippen LogP contribution in [0.15, 0.2) is 18.2 Å². The fraction of sp³-hybridized carbons (Fsp3) is 0.600. The van der Waals surface area contributed by atoms with Crippen LogP contribution >= 0.6 is 0 Å². The van der Waals surface area contributed by atoms with Crippen LogP contribution in [0.3, 0.4) is 0 Å². The highest BCUT2D eigenvalue weighted by molar-refractivity contribution is 5.98. The number of hydrogen-bond donors (Lipinski definition) is 2. The van der Waals surface area contributed by atoms with Crippen molar-refractivity contribution in [3.8, 4) is 0 Å². The van der Waals surface area contributed by atoms with E-state index in [1.165, 1.54) is 0 Å².